The van der Waals surface area contributed by atoms with Crippen molar-refractivity contribution in [3.05, 3.63) is 69.8 Å². The zero-order valence-corrected chi connectivity index (χ0v) is 10.9. The lowest BCUT2D eigenvalue weighted by atomic mass is 9.99. The van der Waals surface area contributed by atoms with E-state index >= 15 is 0 Å². The van der Waals surface area contributed by atoms with Crippen LogP contribution in [0.2, 0.25) is 5.02 Å². The van der Waals surface area contributed by atoms with Crippen LogP contribution in [0.1, 0.15) is 17.2 Å². The fourth-order valence-corrected chi connectivity index (χ4v) is 2.05. The molecule has 2 aromatic carbocycles. The van der Waals surface area contributed by atoms with Crippen LogP contribution in [-0.4, -0.2) is 0 Å². The smallest absolute Gasteiger partial charge is 0.194 e. The predicted octanol–water partition coefficient (Wildman–Crippen LogP) is 4.14. The Morgan fingerprint density at radius 3 is 2.20 bits per heavy atom. The van der Waals surface area contributed by atoms with Crippen LogP contribution in [0.4, 0.5) is 17.6 Å². The highest BCUT2D eigenvalue weighted by atomic mass is 35.5. The Morgan fingerprint density at radius 2 is 1.60 bits per heavy atom. The van der Waals surface area contributed by atoms with Gasteiger partial charge in [-0.1, -0.05) is 23.7 Å². The standard InChI is InChI=1S/C14H10ClF4N/c15-13-7(2-1-3-9(13)16)6-12(20)8-4-10(17)14(19)11(18)5-8/h1-5,12H,6,20H2. The lowest BCUT2D eigenvalue weighted by molar-refractivity contribution is 0.443. The van der Waals surface area contributed by atoms with Crippen molar-refractivity contribution < 1.29 is 17.6 Å². The summed E-state index contributed by atoms with van der Waals surface area (Å²) in [6.07, 6.45) is 0.0705. The van der Waals surface area contributed by atoms with Crippen LogP contribution in [-0.2, 0) is 6.42 Å². The predicted molar refractivity (Wildman–Crippen MR) is 68.4 cm³/mol. The second-order valence-electron chi connectivity index (χ2n) is 4.32. The maximum Gasteiger partial charge on any atom is 0.194 e. The summed E-state index contributed by atoms with van der Waals surface area (Å²) in [5, 5.41) is -0.0917. The van der Waals surface area contributed by atoms with Gasteiger partial charge in [0.15, 0.2) is 17.5 Å². The van der Waals surface area contributed by atoms with E-state index in [2.05, 4.69) is 0 Å². The largest absolute Gasteiger partial charge is 0.324 e. The van der Waals surface area contributed by atoms with E-state index in [-0.39, 0.29) is 17.0 Å². The molecule has 2 aromatic rings. The average molecular weight is 304 g/mol. The van der Waals surface area contributed by atoms with Crippen molar-refractivity contribution >= 4 is 11.6 Å². The molecule has 6 heteroatoms. The van der Waals surface area contributed by atoms with Gasteiger partial charge in [0, 0.05) is 6.04 Å². The quantitative estimate of drug-likeness (QED) is 0.669. The van der Waals surface area contributed by atoms with E-state index in [4.69, 9.17) is 17.3 Å². The zero-order valence-electron chi connectivity index (χ0n) is 10.1. The van der Waals surface area contributed by atoms with Crippen molar-refractivity contribution in [1.82, 2.24) is 0 Å². The van der Waals surface area contributed by atoms with Gasteiger partial charge in [-0.3, -0.25) is 0 Å². The molecule has 0 bridgehead atoms. The fraction of sp³-hybridized carbons (Fsp3) is 0.143. The first-order chi connectivity index (χ1) is 9.40. The second-order valence-corrected chi connectivity index (χ2v) is 4.70. The maximum absolute atomic E-state index is 13.3. The molecule has 20 heavy (non-hydrogen) atoms. The number of rotatable bonds is 3. The van der Waals surface area contributed by atoms with Crippen molar-refractivity contribution in [2.75, 3.05) is 0 Å². The Bertz CT molecular complexity index is 622. The molecule has 1 nitrogen and oxygen atoms in total. The van der Waals surface area contributed by atoms with Gasteiger partial charge in [-0.2, -0.15) is 0 Å². The maximum atomic E-state index is 13.3. The Labute approximate surface area is 118 Å². The van der Waals surface area contributed by atoms with Gasteiger partial charge in [-0.25, -0.2) is 17.6 Å². The number of benzene rings is 2. The molecule has 0 aromatic heterocycles. The number of nitrogens with two attached hydrogens (primary N) is 1. The second kappa shape index (κ2) is 5.81. The van der Waals surface area contributed by atoms with Crippen molar-refractivity contribution in [3.8, 4) is 0 Å². The highest BCUT2D eigenvalue weighted by Gasteiger charge is 2.16. The first-order valence-corrected chi connectivity index (χ1v) is 6.11. The molecule has 0 aliphatic heterocycles. The van der Waals surface area contributed by atoms with Crippen molar-refractivity contribution in [1.29, 1.82) is 0 Å². The third kappa shape index (κ3) is 2.94. The molecule has 106 valence electrons. The molecule has 0 saturated heterocycles. The van der Waals surface area contributed by atoms with E-state index in [0.717, 1.165) is 12.1 Å². The Morgan fingerprint density at radius 1 is 1.00 bits per heavy atom. The monoisotopic (exact) mass is 303 g/mol. The lowest BCUT2D eigenvalue weighted by Crippen LogP contribution is -2.15. The third-order valence-corrected chi connectivity index (χ3v) is 3.33. The van der Waals surface area contributed by atoms with Gasteiger partial charge in [-0.05, 0) is 35.7 Å². The van der Waals surface area contributed by atoms with Gasteiger partial charge in [-0.15, -0.1) is 0 Å². The minimum absolute atomic E-state index is 0.0705. The Kier molecular flexibility index (Phi) is 4.30. The Balaban J connectivity index is 2.28. The lowest BCUT2D eigenvalue weighted by Gasteiger charge is -2.14. The molecule has 0 spiro atoms. The topological polar surface area (TPSA) is 26.0 Å². The highest BCUT2D eigenvalue weighted by Crippen LogP contribution is 2.26. The van der Waals surface area contributed by atoms with Gasteiger partial charge in [0.1, 0.15) is 5.82 Å². The molecular weight excluding hydrogens is 294 g/mol. The number of halogens is 5. The van der Waals surface area contributed by atoms with E-state index < -0.39 is 29.3 Å². The van der Waals surface area contributed by atoms with E-state index in [1.54, 1.807) is 6.07 Å². The summed E-state index contributed by atoms with van der Waals surface area (Å²) < 4.78 is 52.4. The molecule has 2 rings (SSSR count). The summed E-state index contributed by atoms with van der Waals surface area (Å²) in [6.45, 7) is 0. The normalized spacial score (nSPS) is 12.5. The number of hydrogen-bond acceptors (Lipinski definition) is 1. The summed E-state index contributed by atoms with van der Waals surface area (Å²) >= 11 is 5.77. The minimum atomic E-state index is -1.55. The first kappa shape index (κ1) is 14.8. The Hall–Kier alpha value is -1.59. The van der Waals surface area contributed by atoms with Crippen LogP contribution >= 0.6 is 11.6 Å². The van der Waals surface area contributed by atoms with Crippen LogP contribution in [0, 0.1) is 23.3 Å². The molecule has 0 heterocycles. The van der Waals surface area contributed by atoms with Crippen LogP contribution in [0.25, 0.3) is 0 Å². The molecule has 0 radical (unpaired) electrons. The molecule has 1 unspecified atom stereocenters. The van der Waals surface area contributed by atoms with Crippen LogP contribution in [0.15, 0.2) is 30.3 Å². The van der Waals surface area contributed by atoms with Crippen molar-refractivity contribution in [2.24, 2.45) is 5.73 Å². The van der Waals surface area contributed by atoms with Crippen molar-refractivity contribution in [3.63, 3.8) is 0 Å². The molecule has 0 saturated carbocycles. The SMILES string of the molecule is NC(Cc1cccc(F)c1Cl)c1cc(F)c(F)c(F)c1. The average Bonchev–Trinajstić information content (AvgIpc) is 2.40. The fourth-order valence-electron chi connectivity index (χ4n) is 1.85. The number of hydrogen-bond donors (Lipinski definition) is 1. The van der Waals surface area contributed by atoms with Gasteiger partial charge >= 0.3 is 0 Å². The molecule has 0 fully saturated rings. The zero-order chi connectivity index (χ0) is 14.9. The molecular formula is C14H10ClF4N. The van der Waals surface area contributed by atoms with E-state index in [1.165, 1.54) is 12.1 Å². The minimum Gasteiger partial charge on any atom is -0.324 e. The highest BCUT2D eigenvalue weighted by molar-refractivity contribution is 6.31. The van der Waals surface area contributed by atoms with E-state index in [9.17, 15) is 17.6 Å². The third-order valence-electron chi connectivity index (χ3n) is 2.91. The van der Waals surface area contributed by atoms with Gasteiger partial charge in [0.05, 0.1) is 5.02 Å². The summed E-state index contributed by atoms with van der Waals surface area (Å²) in [4.78, 5) is 0. The molecule has 1 atom stereocenters. The summed E-state index contributed by atoms with van der Waals surface area (Å²) in [6, 6.07) is 5.00. The first-order valence-electron chi connectivity index (χ1n) is 5.73. The van der Waals surface area contributed by atoms with Crippen LogP contribution in [0.3, 0.4) is 0 Å². The summed E-state index contributed by atoms with van der Waals surface area (Å²) in [5.41, 5.74) is 6.27. The molecule has 0 aliphatic carbocycles. The van der Waals surface area contributed by atoms with E-state index in [1.807, 2.05) is 0 Å². The molecule has 2 N–H and O–H groups in total. The van der Waals surface area contributed by atoms with Gasteiger partial charge in [0.25, 0.3) is 0 Å². The van der Waals surface area contributed by atoms with E-state index in [0.29, 0.717) is 5.56 Å². The van der Waals surface area contributed by atoms with Crippen molar-refractivity contribution in [2.45, 2.75) is 12.5 Å². The summed E-state index contributed by atoms with van der Waals surface area (Å²) in [7, 11) is 0. The van der Waals surface area contributed by atoms with Crippen LogP contribution < -0.4 is 5.73 Å². The van der Waals surface area contributed by atoms with Gasteiger partial charge < -0.3 is 5.73 Å². The van der Waals surface area contributed by atoms with Crippen LogP contribution in [0.5, 0.6) is 0 Å². The molecule has 0 amide bonds. The van der Waals surface area contributed by atoms with Gasteiger partial charge in [0.2, 0.25) is 0 Å². The molecule has 0 aliphatic rings. The summed E-state index contributed by atoms with van der Waals surface area (Å²) in [5.74, 6) is -4.79.